The second-order valence-corrected chi connectivity index (χ2v) is 8.87. The standard InChI is InChI=1S/C25H26F2N2O4/c1-13-9-18(15(3)28-20-8-6-5-7-17(20)24(31)32)22-19(10-13)21(30)14(2)23(33-22)29-11-16(12-29)25(4,26)27/h5-10,15-16,28H,11-12H2,1-4H3,(H,31,32)/t15-/m1/s1. The van der Waals surface area contributed by atoms with Crippen molar-refractivity contribution >= 4 is 28.5 Å². The molecule has 1 atom stereocenters. The molecule has 8 heteroatoms. The number of aromatic carboxylic acids is 1. The molecule has 2 N–H and O–H groups in total. The average molecular weight is 456 g/mol. The van der Waals surface area contributed by atoms with E-state index in [0.717, 1.165) is 12.5 Å². The van der Waals surface area contributed by atoms with Gasteiger partial charge >= 0.3 is 5.97 Å². The van der Waals surface area contributed by atoms with E-state index in [2.05, 4.69) is 5.32 Å². The molecule has 1 aliphatic rings. The minimum Gasteiger partial charge on any atom is -0.478 e. The Morgan fingerprint density at radius 1 is 1.24 bits per heavy atom. The maximum Gasteiger partial charge on any atom is 0.337 e. The summed E-state index contributed by atoms with van der Waals surface area (Å²) in [5, 5.41) is 13.1. The molecule has 4 rings (SSSR count). The smallest absolute Gasteiger partial charge is 0.337 e. The van der Waals surface area contributed by atoms with E-state index >= 15 is 0 Å². The number of anilines is 2. The third-order valence-electron chi connectivity index (χ3n) is 6.25. The molecule has 0 spiro atoms. The van der Waals surface area contributed by atoms with E-state index in [4.69, 9.17) is 4.42 Å². The number of nitrogens with zero attached hydrogens (tertiary/aromatic N) is 1. The number of hydrogen-bond acceptors (Lipinski definition) is 5. The van der Waals surface area contributed by atoms with Crippen LogP contribution in [-0.2, 0) is 0 Å². The van der Waals surface area contributed by atoms with Crippen LogP contribution >= 0.6 is 0 Å². The summed E-state index contributed by atoms with van der Waals surface area (Å²) in [6.07, 6.45) is 0. The topological polar surface area (TPSA) is 82.8 Å². The first kappa shape index (κ1) is 22.8. The third kappa shape index (κ3) is 4.17. The van der Waals surface area contributed by atoms with Gasteiger partial charge in [-0.2, -0.15) is 0 Å². The van der Waals surface area contributed by atoms with E-state index in [1.165, 1.54) is 6.07 Å². The van der Waals surface area contributed by atoms with Crippen LogP contribution in [0.2, 0.25) is 0 Å². The second kappa shape index (κ2) is 8.17. The van der Waals surface area contributed by atoms with Gasteiger partial charge in [-0.15, -0.1) is 0 Å². The van der Waals surface area contributed by atoms with Crippen LogP contribution in [-0.4, -0.2) is 30.1 Å². The molecule has 0 amide bonds. The molecule has 33 heavy (non-hydrogen) atoms. The number of halogens is 2. The average Bonchev–Trinajstić information content (AvgIpc) is 2.69. The van der Waals surface area contributed by atoms with E-state index in [1.807, 2.05) is 19.9 Å². The van der Waals surface area contributed by atoms with Crippen molar-refractivity contribution in [3.05, 3.63) is 68.9 Å². The molecule has 1 fully saturated rings. The van der Waals surface area contributed by atoms with Gasteiger partial charge in [0, 0.05) is 24.3 Å². The predicted molar refractivity (Wildman–Crippen MR) is 124 cm³/mol. The second-order valence-electron chi connectivity index (χ2n) is 8.87. The molecule has 1 aromatic heterocycles. The van der Waals surface area contributed by atoms with Crippen molar-refractivity contribution < 1.29 is 23.1 Å². The summed E-state index contributed by atoms with van der Waals surface area (Å²) in [5.74, 6) is -4.33. The summed E-state index contributed by atoms with van der Waals surface area (Å²) < 4.78 is 33.4. The predicted octanol–water partition coefficient (Wildman–Crippen LogP) is 5.37. The lowest BCUT2D eigenvalue weighted by atomic mass is 9.93. The lowest BCUT2D eigenvalue weighted by Crippen LogP contribution is -2.54. The minimum absolute atomic E-state index is 0.111. The molecule has 0 aliphatic carbocycles. The van der Waals surface area contributed by atoms with E-state index in [9.17, 15) is 23.5 Å². The van der Waals surface area contributed by atoms with Crippen molar-refractivity contribution in [2.24, 2.45) is 5.92 Å². The Morgan fingerprint density at radius 2 is 1.91 bits per heavy atom. The molecule has 0 unspecified atom stereocenters. The number of benzene rings is 2. The third-order valence-corrected chi connectivity index (χ3v) is 6.25. The maximum atomic E-state index is 13.6. The van der Waals surface area contributed by atoms with Crippen LogP contribution in [0.3, 0.4) is 0 Å². The molecule has 0 radical (unpaired) electrons. The number of fused-ring (bicyclic) bond motifs is 1. The minimum atomic E-state index is -2.79. The van der Waals surface area contributed by atoms with Gasteiger partial charge in [0.05, 0.1) is 28.5 Å². The number of rotatable bonds is 6. The number of carboxylic acid groups (broad SMARTS) is 1. The number of carbonyl (C=O) groups is 1. The van der Waals surface area contributed by atoms with Crippen molar-refractivity contribution in [1.29, 1.82) is 0 Å². The van der Waals surface area contributed by atoms with Crippen LogP contribution in [0.25, 0.3) is 11.0 Å². The SMILES string of the molecule is Cc1cc([C@@H](C)Nc2ccccc2C(=O)O)c2oc(N3CC(C(C)(F)F)C3)c(C)c(=O)c2c1. The zero-order valence-electron chi connectivity index (χ0n) is 18.9. The molecule has 3 aromatic rings. The van der Waals surface area contributed by atoms with Gasteiger partial charge < -0.3 is 19.7 Å². The number of nitrogens with one attached hydrogen (secondary N) is 1. The number of alkyl halides is 2. The highest BCUT2D eigenvalue weighted by atomic mass is 19.3. The maximum absolute atomic E-state index is 13.6. The fourth-order valence-corrected chi connectivity index (χ4v) is 4.25. The Hall–Kier alpha value is -3.42. The van der Waals surface area contributed by atoms with Crippen molar-refractivity contribution in [2.45, 2.75) is 39.7 Å². The Bertz CT molecular complexity index is 1290. The van der Waals surface area contributed by atoms with Gasteiger partial charge in [0.15, 0.2) is 5.43 Å². The molecule has 2 heterocycles. The van der Waals surface area contributed by atoms with Crippen LogP contribution in [0.5, 0.6) is 0 Å². The fourth-order valence-electron chi connectivity index (χ4n) is 4.25. The highest BCUT2D eigenvalue weighted by Crippen LogP contribution is 2.38. The van der Waals surface area contributed by atoms with E-state index in [-0.39, 0.29) is 24.1 Å². The first-order valence-corrected chi connectivity index (χ1v) is 10.8. The zero-order chi connectivity index (χ0) is 24.1. The summed E-state index contributed by atoms with van der Waals surface area (Å²) in [6.45, 7) is 6.49. The normalized spacial score (nSPS) is 15.4. The Morgan fingerprint density at radius 3 is 2.55 bits per heavy atom. The quantitative estimate of drug-likeness (QED) is 0.519. The monoisotopic (exact) mass is 456 g/mol. The van der Waals surface area contributed by atoms with Gasteiger partial charge in [0.2, 0.25) is 5.88 Å². The van der Waals surface area contributed by atoms with E-state index in [0.29, 0.717) is 33.7 Å². The molecule has 1 aliphatic heterocycles. The van der Waals surface area contributed by atoms with Crippen molar-refractivity contribution in [3.63, 3.8) is 0 Å². The van der Waals surface area contributed by atoms with Gasteiger partial charge in [0.1, 0.15) is 5.58 Å². The van der Waals surface area contributed by atoms with Crippen LogP contribution in [0.4, 0.5) is 20.4 Å². The molecule has 2 aromatic carbocycles. The largest absolute Gasteiger partial charge is 0.478 e. The van der Waals surface area contributed by atoms with Crippen LogP contribution in [0.1, 0.15) is 46.9 Å². The van der Waals surface area contributed by atoms with Crippen molar-refractivity contribution in [3.8, 4) is 0 Å². The molecule has 6 nitrogen and oxygen atoms in total. The summed E-state index contributed by atoms with van der Waals surface area (Å²) in [4.78, 5) is 26.4. The van der Waals surface area contributed by atoms with Gasteiger partial charge in [-0.3, -0.25) is 4.79 Å². The molecule has 174 valence electrons. The summed E-state index contributed by atoms with van der Waals surface area (Å²) in [7, 11) is 0. The first-order valence-electron chi connectivity index (χ1n) is 10.8. The molecular formula is C25H26F2N2O4. The highest BCUT2D eigenvalue weighted by molar-refractivity contribution is 5.94. The van der Waals surface area contributed by atoms with Gasteiger partial charge in [0.25, 0.3) is 5.92 Å². The van der Waals surface area contributed by atoms with Gasteiger partial charge in [-0.25, -0.2) is 13.6 Å². The summed E-state index contributed by atoms with van der Waals surface area (Å²) in [5.41, 5.74) is 2.65. The van der Waals surface area contributed by atoms with Crippen molar-refractivity contribution in [1.82, 2.24) is 0 Å². The van der Waals surface area contributed by atoms with Crippen LogP contribution in [0, 0.1) is 19.8 Å². The number of hydrogen-bond donors (Lipinski definition) is 2. The highest BCUT2D eigenvalue weighted by Gasteiger charge is 2.44. The van der Waals surface area contributed by atoms with Gasteiger partial charge in [-0.1, -0.05) is 18.2 Å². The lowest BCUT2D eigenvalue weighted by Gasteiger charge is -2.42. The molecular weight excluding hydrogens is 430 g/mol. The fraction of sp³-hybridized carbons (Fsp3) is 0.360. The molecule has 0 saturated carbocycles. The lowest BCUT2D eigenvalue weighted by molar-refractivity contribution is -0.0507. The number of aryl methyl sites for hydroxylation is 1. The van der Waals surface area contributed by atoms with E-state index in [1.54, 1.807) is 36.1 Å². The Balaban J connectivity index is 1.77. The Labute approximate surface area is 189 Å². The first-order chi connectivity index (χ1) is 15.5. The molecule has 1 saturated heterocycles. The summed E-state index contributed by atoms with van der Waals surface area (Å²) >= 11 is 0. The van der Waals surface area contributed by atoms with E-state index < -0.39 is 23.9 Å². The van der Waals surface area contributed by atoms with Crippen LogP contribution in [0.15, 0.2) is 45.6 Å². The molecule has 0 bridgehead atoms. The van der Waals surface area contributed by atoms with Crippen molar-refractivity contribution in [2.75, 3.05) is 23.3 Å². The summed E-state index contributed by atoms with van der Waals surface area (Å²) in [6, 6.07) is 9.81. The van der Waals surface area contributed by atoms with Crippen LogP contribution < -0.4 is 15.6 Å². The Kier molecular flexibility index (Phi) is 5.64. The van der Waals surface area contributed by atoms with Gasteiger partial charge in [-0.05, 0) is 51.5 Å². The number of para-hydroxylation sites is 1. The number of carboxylic acids is 1. The zero-order valence-corrected chi connectivity index (χ0v) is 18.9.